The first-order valence-electron chi connectivity index (χ1n) is 13.6. The van der Waals surface area contributed by atoms with Gasteiger partial charge >= 0.3 is 0 Å². The molecule has 1 saturated carbocycles. The first-order valence-corrected chi connectivity index (χ1v) is 13.6. The number of carbonyl (C=O) groups excluding carboxylic acids is 3. The number of aliphatic hydroxyl groups is 3. The minimum Gasteiger partial charge on any atom is -0.508 e. The van der Waals surface area contributed by atoms with Crippen LogP contribution in [-0.2, 0) is 40.2 Å². The average Bonchev–Trinajstić information content (AvgIpc) is 3.35. The minimum absolute atomic E-state index is 0.0219. The van der Waals surface area contributed by atoms with E-state index in [0.29, 0.717) is 17.9 Å². The van der Waals surface area contributed by atoms with E-state index in [-0.39, 0.29) is 42.2 Å². The lowest BCUT2D eigenvalue weighted by molar-refractivity contribution is -0.147. The lowest BCUT2D eigenvalue weighted by atomic mass is 9.59. The molecule has 41 heavy (non-hydrogen) atoms. The maximum absolute atomic E-state index is 13.7. The van der Waals surface area contributed by atoms with E-state index >= 15 is 0 Å². The number of primary amides is 1. The first kappa shape index (κ1) is 27.0. The molecule has 0 saturated heterocycles. The van der Waals surface area contributed by atoms with Crippen LogP contribution in [-0.4, -0.2) is 68.6 Å². The predicted molar refractivity (Wildman–Crippen MR) is 147 cm³/mol. The molecule has 3 atom stereocenters. The predicted octanol–water partition coefficient (Wildman–Crippen LogP) is 2.03. The highest BCUT2D eigenvalue weighted by atomic mass is 16.5. The number of likely N-dealkylation sites (N-methyl/N-ethyl adjacent to an activating group) is 1. The Morgan fingerprint density at radius 2 is 1.76 bits per heavy atom. The Morgan fingerprint density at radius 3 is 2.37 bits per heavy atom. The number of rotatable bonds is 5. The fourth-order valence-corrected chi connectivity index (χ4v) is 7.35. The molecule has 6 N–H and O–H groups in total. The Balaban J connectivity index is 1.38. The topological polar surface area (TPSA) is 171 Å². The maximum atomic E-state index is 13.7. The molecule has 0 radical (unpaired) electrons. The number of methoxy groups -OCH3 is 1. The van der Waals surface area contributed by atoms with E-state index in [2.05, 4.69) is 17.0 Å². The van der Waals surface area contributed by atoms with E-state index < -0.39 is 52.0 Å². The highest BCUT2D eigenvalue weighted by molar-refractivity contribution is 6.22. The Hall–Kier alpha value is -4.15. The molecule has 1 amide bonds. The summed E-state index contributed by atoms with van der Waals surface area (Å²) in [7, 11) is 3.53. The Bertz CT molecular complexity index is 1570. The zero-order valence-corrected chi connectivity index (χ0v) is 22.8. The van der Waals surface area contributed by atoms with Gasteiger partial charge in [-0.05, 0) is 55.8 Å². The standard InChI is InChI=1S/C31H32N2O8/c1-33(19-8-14-5-3-4-6-15(14)9-19)13-17-11-21(34)24-20(27(17)41-2)10-16-7-18-12-22(35)25(30(32)39)29(38)31(18,40)28(37)23(16)26(24)36/h3-6,11,16,18-19,34,36,38,40H,7-10,12-13H2,1-2H3,(H2,32,39)/t16?,18-,31-/m0/s1. The average molecular weight is 561 g/mol. The van der Waals surface area contributed by atoms with Gasteiger partial charge in [0.15, 0.2) is 11.4 Å². The number of nitrogens with zero attached hydrogens (tertiary/aromatic N) is 1. The van der Waals surface area contributed by atoms with E-state index in [0.717, 1.165) is 18.4 Å². The monoisotopic (exact) mass is 560 g/mol. The fraction of sp³-hybridized carbons (Fsp3) is 0.387. The number of benzene rings is 2. The van der Waals surface area contributed by atoms with Crippen molar-refractivity contribution >= 4 is 23.2 Å². The number of hydrogen-bond acceptors (Lipinski definition) is 9. The summed E-state index contributed by atoms with van der Waals surface area (Å²) in [4.78, 5) is 40.3. The van der Waals surface area contributed by atoms with Gasteiger partial charge in [0.25, 0.3) is 5.91 Å². The molecule has 10 heteroatoms. The van der Waals surface area contributed by atoms with Gasteiger partial charge in [0.1, 0.15) is 28.6 Å². The third kappa shape index (κ3) is 3.88. The molecule has 0 bridgehead atoms. The molecule has 0 aromatic heterocycles. The molecule has 214 valence electrons. The molecule has 1 unspecified atom stereocenters. The number of phenolic OH excluding ortho intramolecular Hbond substituents is 1. The van der Waals surface area contributed by atoms with Crippen molar-refractivity contribution in [1.82, 2.24) is 4.90 Å². The van der Waals surface area contributed by atoms with Gasteiger partial charge in [0.2, 0.25) is 5.78 Å². The molecular weight excluding hydrogens is 528 g/mol. The van der Waals surface area contributed by atoms with Crippen molar-refractivity contribution in [3.05, 3.63) is 75.1 Å². The number of nitrogens with two attached hydrogens (primary N) is 1. The Labute approximate surface area is 236 Å². The Morgan fingerprint density at radius 1 is 1.10 bits per heavy atom. The number of aliphatic hydroxyl groups excluding tert-OH is 2. The zero-order chi connectivity index (χ0) is 29.4. The zero-order valence-electron chi connectivity index (χ0n) is 22.8. The van der Waals surface area contributed by atoms with Crippen LogP contribution in [0.4, 0.5) is 0 Å². The molecular formula is C31H32N2O8. The van der Waals surface area contributed by atoms with Crippen LogP contribution < -0.4 is 10.5 Å². The third-order valence-electron chi connectivity index (χ3n) is 9.37. The molecule has 0 spiro atoms. The number of fused-ring (bicyclic) bond motifs is 4. The van der Waals surface area contributed by atoms with Crippen molar-refractivity contribution in [1.29, 1.82) is 0 Å². The molecule has 2 aromatic rings. The summed E-state index contributed by atoms with van der Waals surface area (Å²) < 4.78 is 5.82. The van der Waals surface area contributed by atoms with Gasteiger partial charge in [-0.3, -0.25) is 19.3 Å². The first-order chi connectivity index (χ1) is 19.5. The van der Waals surface area contributed by atoms with Crippen molar-refractivity contribution in [2.45, 2.75) is 50.3 Å². The van der Waals surface area contributed by atoms with Gasteiger partial charge in [-0.1, -0.05) is 24.3 Å². The van der Waals surface area contributed by atoms with E-state index in [1.165, 1.54) is 24.3 Å². The minimum atomic E-state index is -2.59. The van der Waals surface area contributed by atoms with Gasteiger partial charge in [-0.2, -0.15) is 0 Å². The second kappa shape index (κ2) is 9.46. The third-order valence-corrected chi connectivity index (χ3v) is 9.37. The van der Waals surface area contributed by atoms with Crippen LogP contribution in [0.15, 0.2) is 47.2 Å². The second-order valence-electron chi connectivity index (χ2n) is 11.6. The highest BCUT2D eigenvalue weighted by Gasteiger charge is 2.60. The molecule has 2 aromatic carbocycles. The largest absolute Gasteiger partial charge is 0.508 e. The quantitative estimate of drug-likeness (QED) is 0.343. The molecule has 4 aliphatic rings. The summed E-state index contributed by atoms with van der Waals surface area (Å²) in [6.45, 7) is 0.467. The number of aromatic hydroxyl groups is 1. The molecule has 0 aliphatic heterocycles. The molecule has 0 heterocycles. The summed E-state index contributed by atoms with van der Waals surface area (Å²) in [6.07, 6.45) is 1.71. The lowest BCUT2D eigenvalue weighted by Crippen LogP contribution is -2.58. The molecule has 4 aliphatic carbocycles. The van der Waals surface area contributed by atoms with Crippen molar-refractivity contribution in [2.24, 2.45) is 17.6 Å². The molecule has 10 nitrogen and oxygen atoms in total. The van der Waals surface area contributed by atoms with E-state index in [1.54, 1.807) is 0 Å². The second-order valence-corrected chi connectivity index (χ2v) is 11.6. The summed E-state index contributed by atoms with van der Waals surface area (Å²) in [5, 5.41) is 44.6. The van der Waals surface area contributed by atoms with Gasteiger partial charge in [-0.15, -0.1) is 0 Å². The molecule has 1 fully saturated rings. The van der Waals surface area contributed by atoms with Crippen LogP contribution in [0.25, 0.3) is 5.76 Å². The van der Waals surface area contributed by atoms with Crippen LogP contribution in [0.1, 0.15) is 40.7 Å². The summed E-state index contributed by atoms with van der Waals surface area (Å²) in [6, 6.07) is 10.1. The number of Topliss-reactive ketones (excluding diaryl/α,β-unsaturated/α-hetero) is 2. The van der Waals surface area contributed by atoms with Crippen LogP contribution in [0.5, 0.6) is 11.5 Å². The number of ether oxygens (including phenoxy) is 1. The van der Waals surface area contributed by atoms with Gasteiger partial charge in [0, 0.05) is 41.6 Å². The van der Waals surface area contributed by atoms with Gasteiger partial charge < -0.3 is 30.9 Å². The fourth-order valence-electron chi connectivity index (χ4n) is 7.35. The molecule has 6 rings (SSSR count). The van der Waals surface area contributed by atoms with Crippen molar-refractivity contribution in [2.75, 3.05) is 14.2 Å². The number of amides is 1. The van der Waals surface area contributed by atoms with Crippen molar-refractivity contribution in [3.8, 4) is 11.5 Å². The summed E-state index contributed by atoms with van der Waals surface area (Å²) >= 11 is 0. The number of phenols is 1. The summed E-state index contributed by atoms with van der Waals surface area (Å²) in [5.74, 6) is -6.04. The normalized spacial score (nSPS) is 25.7. The van der Waals surface area contributed by atoms with Gasteiger partial charge in [0.05, 0.1) is 12.7 Å². The number of carbonyl (C=O) groups is 3. The number of ketones is 2. The van der Waals surface area contributed by atoms with Crippen molar-refractivity contribution in [3.63, 3.8) is 0 Å². The van der Waals surface area contributed by atoms with E-state index in [4.69, 9.17) is 10.5 Å². The maximum Gasteiger partial charge on any atom is 0.255 e. The lowest BCUT2D eigenvalue weighted by Gasteiger charge is -2.46. The number of hydrogen-bond donors (Lipinski definition) is 5. The van der Waals surface area contributed by atoms with Gasteiger partial charge in [-0.25, -0.2) is 0 Å². The van der Waals surface area contributed by atoms with Crippen LogP contribution in [0, 0.1) is 11.8 Å². The van der Waals surface area contributed by atoms with Crippen LogP contribution in [0.3, 0.4) is 0 Å². The van der Waals surface area contributed by atoms with Crippen molar-refractivity contribution < 1.29 is 39.5 Å². The van der Waals surface area contributed by atoms with Crippen LogP contribution in [0.2, 0.25) is 0 Å². The van der Waals surface area contributed by atoms with E-state index in [9.17, 15) is 34.8 Å². The van der Waals surface area contributed by atoms with E-state index in [1.807, 2.05) is 19.2 Å². The summed E-state index contributed by atoms with van der Waals surface area (Å²) in [5.41, 5.74) is 5.58. The SMILES string of the molecule is COc1c(CN(C)C2Cc3ccccc3C2)cc(O)c2c1CC1C[C@H]3CC(=O)C(C(N)=O)=C(O)[C@@]3(O)C(=O)C1=C2O. The highest BCUT2D eigenvalue weighted by Crippen LogP contribution is 2.53. The Kier molecular flexibility index (Phi) is 6.24. The van der Waals surface area contributed by atoms with Crippen LogP contribution >= 0.6 is 0 Å². The smallest absolute Gasteiger partial charge is 0.255 e.